The zero-order chi connectivity index (χ0) is 12.4. The maximum absolute atomic E-state index is 13.1. The Morgan fingerprint density at radius 1 is 1.12 bits per heavy atom. The molecule has 17 heavy (non-hydrogen) atoms. The summed E-state index contributed by atoms with van der Waals surface area (Å²) in [5.74, 6) is -0.240. The lowest BCUT2D eigenvalue weighted by molar-refractivity contribution is 0.475. The molecular weight excluding hydrogens is 217 g/mol. The molecule has 0 atom stereocenters. The van der Waals surface area contributed by atoms with Crippen molar-refractivity contribution in [3.63, 3.8) is 0 Å². The molecule has 0 saturated heterocycles. The molecule has 0 bridgehead atoms. The van der Waals surface area contributed by atoms with E-state index in [2.05, 4.69) is 0 Å². The number of nitriles is 1. The SMILES string of the molecule is Cc1cc(-c2cc(O)cc(C#N)c2)ccc1F. The van der Waals surface area contributed by atoms with Crippen LogP contribution in [0.1, 0.15) is 11.1 Å². The first kappa shape index (κ1) is 11.2. The second kappa shape index (κ2) is 4.26. The van der Waals surface area contributed by atoms with Gasteiger partial charge < -0.3 is 5.11 Å². The van der Waals surface area contributed by atoms with Gasteiger partial charge in [0.25, 0.3) is 0 Å². The zero-order valence-electron chi connectivity index (χ0n) is 9.24. The summed E-state index contributed by atoms with van der Waals surface area (Å²) in [6, 6.07) is 11.3. The molecule has 2 rings (SSSR count). The quantitative estimate of drug-likeness (QED) is 0.811. The fraction of sp³-hybridized carbons (Fsp3) is 0.0714. The number of nitrogens with zero attached hydrogens (tertiary/aromatic N) is 1. The highest BCUT2D eigenvalue weighted by molar-refractivity contribution is 5.67. The van der Waals surface area contributed by atoms with E-state index in [1.165, 1.54) is 12.1 Å². The van der Waals surface area contributed by atoms with Crippen LogP contribution in [0, 0.1) is 24.1 Å². The van der Waals surface area contributed by atoms with Crippen molar-refractivity contribution in [2.45, 2.75) is 6.92 Å². The molecule has 84 valence electrons. The first-order valence-corrected chi connectivity index (χ1v) is 5.11. The van der Waals surface area contributed by atoms with Crippen LogP contribution in [0.4, 0.5) is 4.39 Å². The van der Waals surface area contributed by atoms with Gasteiger partial charge in [-0.1, -0.05) is 6.07 Å². The Kier molecular flexibility index (Phi) is 2.80. The van der Waals surface area contributed by atoms with E-state index in [4.69, 9.17) is 5.26 Å². The summed E-state index contributed by atoms with van der Waals surface area (Å²) in [5, 5.41) is 18.3. The van der Waals surface area contributed by atoms with Crippen molar-refractivity contribution in [3.8, 4) is 22.9 Å². The van der Waals surface area contributed by atoms with Crippen molar-refractivity contribution in [3.05, 3.63) is 53.3 Å². The summed E-state index contributed by atoms with van der Waals surface area (Å²) in [6.45, 7) is 1.67. The molecule has 0 aliphatic rings. The Labute approximate surface area is 98.6 Å². The lowest BCUT2D eigenvalue weighted by Crippen LogP contribution is -1.85. The number of rotatable bonds is 1. The highest BCUT2D eigenvalue weighted by Gasteiger charge is 2.04. The molecular formula is C14H10FNO. The Morgan fingerprint density at radius 2 is 1.88 bits per heavy atom. The van der Waals surface area contributed by atoms with Gasteiger partial charge in [-0.15, -0.1) is 0 Å². The van der Waals surface area contributed by atoms with E-state index in [1.807, 2.05) is 6.07 Å². The number of halogens is 1. The third-order valence-corrected chi connectivity index (χ3v) is 2.54. The predicted octanol–water partition coefficient (Wildman–Crippen LogP) is 3.38. The van der Waals surface area contributed by atoms with Crippen LogP contribution in [-0.2, 0) is 0 Å². The van der Waals surface area contributed by atoms with E-state index in [0.717, 1.165) is 5.56 Å². The number of phenols is 1. The summed E-state index contributed by atoms with van der Waals surface area (Å²) >= 11 is 0. The number of hydrogen-bond donors (Lipinski definition) is 1. The fourth-order valence-electron chi connectivity index (χ4n) is 1.67. The van der Waals surface area contributed by atoms with E-state index in [9.17, 15) is 9.50 Å². The molecule has 0 amide bonds. The molecule has 0 spiro atoms. The van der Waals surface area contributed by atoms with Crippen molar-refractivity contribution < 1.29 is 9.50 Å². The average Bonchev–Trinajstić information content (AvgIpc) is 2.32. The van der Waals surface area contributed by atoms with Gasteiger partial charge in [-0.25, -0.2) is 4.39 Å². The Bertz CT molecular complexity index is 614. The van der Waals surface area contributed by atoms with Gasteiger partial charge in [0.15, 0.2) is 0 Å². The molecule has 0 saturated carbocycles. The molecule has 2 aromatic rings. The third-order valence-electron chi connectivity index (χ3n) is 2.54. The summed E-state index contributed by atoms with van der Waals surface area (Å²) in [4.78, 5) is 0. The minimum atomic E-state index is -0.269. The van der Waals surface area contributed by atoms with E-state index in [0.29, 0.717) is 16.7 Å². The molecule has 0 aliphatic heterocycles. The number of phenolic OH excluding ortho intramolecular Hbond substituents is 1. The van der Waals surface area contributed by atoms with Crippen LogP contribution in [-0.4, -0.2) is 5.11 Å². The lowest BCUT2D eigenvalue weighted by Gasteiger charge is -2.05. The molecule has 0 aromatic heterocycles. The molecule has 0 unspecified atom stereocenters. The van der Waals surface area contributed by atoms with Gasteiger partial charge in [-0.2, -0.15) is 5.26 Å². The van der Waals surface area contributed by atoms with E-state index < -0.39 is 0 Å². The number of benzene rings is 2. The molecule has 3 heteroatoms. The van der Waals surface area contributed by atoms with E-state index in [1.54, 1.807) is 31.2 Å². The van der Waals surface area contributed by atoms with Crippen molar-refractivity contribution in [2.75, 3.05) is 0 Å². The standard InChI is InChI=1S/C14H10FNO/c1-9-4-11(2-3-14(9)15)12-5-10(8-16)6-13(17)7-12/h2-7,17H,1H3. The Hall–Kier alpha value is -2.34. The topological polar surface area (TPSA) is 44.0 Å². The lowest BCUT2D eigenvalue weighted by atomic mass is 10.0. The van der Waals surface area contributed by atoms with Gasteiger partial charge in [-0.05, 0) is 53.9 Å². The van der Waals surface area contributed by atoms with E-state index >= 15 is 0 Å². The van der Waals surface area contributed by atoms with Crippen LogP contribution in [0.15, 0.2) is 36.4 Å². The van der Waals surface area contributed by atoms with Crippen LogP contribution in [0.2, 0.25) is 0 Å². The average molecular weight is 227 g/mol. The predicted molar refractivity (Wildman–Crippen MR) is 63.0 cm³/mol. The molecule has 0 radical (unpaired) electrons. The fourth-order valence-corrected chi connectivity index (χ4v) is 1.67. The zero-order valence-corrected chi connectivity index (χ0v) is 9.24. The highest BCUT2D eigenvalue weighted by atomic mass is 19.1. The van der Waals surface area contributed by atoms with E-state index in [-0.39, 0.29) is 11.6 Å². The summed E-state index contributed by atoms with van der Waals surface area (Å²) in [5.41, 5.74) is 2.38. The maximum atomic E-state index is 13.1. The van der Waals surface area contributed by atoms with Gasteiger partial charge in [-0.3, -0.25) is 0 Å². The monoisotopic (exact) mass is 227 g/mol. The van der Waals surface area contributed by atoms with Crippen LogP contribution >= 0.6 is 0 Å². The van der Waals surface area contributed by atoms with Gasteiger partial charge >= 0.3 is 0 Å². The summed E-state index contributed by atoms with van der Waals surface area (Å²) < 4.78 is 13.1. The van der Waals surface area contributed by atoms with Crippen molar-refractivity contribution in [2.24, 2.45) is 0 Å². The molecule has 1 N–H and O–H groups in total. The minimum Gasteiger partial charge on any atom is -0.508 e. The largest absolute Gasteiger partial charge is 0.508 e. The van der Waals surface area contributed by atoms with Crippen LogP contribution in [0.3, 0.4) is 0 Å². The molecule has 0 heterocycles. The molecule has 2 nitrogen and oxygen atoms in total. The summed E-state index contributed by atoms with van der Waals surface area (Å²) in [6.07, 6.45) is 0. The molecule has 2 aromatic carbocycles. The Morgan fingerprint density at radius 3 is 2.53 bits per heavy atom. The smallest absolute Gasteiger partial charge is 0.126 e. The number of hydrogen-bond acceptors (Lipinski definition) is 2. The number of aryl methyl sites for hydroxylation is 1. The second-order valence-electron chi connectivity index (χ2n) is 3.84. The first-order chi connectivity index (χ1) is 8.10. The van der Waals surface area contributed by atoms with Gasteiger partial charge in [0.05, 0.1) is 11.6 Å². The first-order valence-electron chi connectivity index (χ1n) is 5.11. The van der Waals surface area contributed by atoms with Crippen LogP contribution < -0.4 is 0 Å². The molecule has 0 fully saturated rings. The van der Waals surface area contributed by atoms with Crippen molar-refractivity contribution in [1.29, 1.82) is 5.26 Å². The van der Waals surface area contributed by atoms with Crippen LogP contribution in [0.5, 0.6) is 5.75 Å². The maximum Gasteiger partial charge on any atom is 0.126 e. The highest BCUT2D eigenvalue weighted by Crippen LogP contribution is 2.26. The Balaban J connectivity index is 2.56. The molecule has 0 aliphatic carbocycles. The van der Waals surface area contributed by atoms with Gasteiger partial charge in [0.1, 0.15) is 11.6 Å². The second-order valence-corrected chi connectivity index (χ2v) is 3.84. The summed E-state index contributed by atoms with van der Waals surface area (Å²) in [7, 11) is 0. The normalized spacial score (nSPS) is 9.94. The van der Waals surface area contributed by atoms with Crippen LogP contribution in [0.25, 0.3) is 11.1 Å². The van der Waals surface area contributed by atoms with Gasteiger partial charge in [0, 0.05) is 0 Å². The van der Waals surface area contributed by atoms with Gasteiger partial charge in [0.2, 0.25) is 0 Å². The minimum absolute atomic E-state index is 0.0287. The number of aromatic hydroxyl groups is 1. The van der Waals surface area contributed by atoms with Crippen molar-refractivity contribution >= 4 is 0 Å². The third kappa shape index (κ3) is 2.26. The van der Waals surface area contributed by atoms with Crippen molar-refractivity contribution in [1.82, 2.24) is 0 Å².